The maximum Gasteiger partial charge on any atom is 0.252 e. The Bertz CT molecular complexity index is 3070. The maximum atomic E-state index is 2.59. The van der Waals surface area contributed by atoms with Gasteiger partial charge in [-0.3, -0.25) is 0 Å². The molecule has 0 saturated heterocycles. The SMILES string of the molecule is c1ccc(-c2cc3c4c(c2)-n2c5cc6c(cc5c5cccc(c52)B4c2ccccc2N3c2ccccc2)c2ccccc2n6-c2ccccc2)cc1. The van der Waals surface area contributed by atoms with Crippen molar-refractivity contribution in [1.29, 1.82) is 0 Å². The number of hydrogen-bond donors (Lipinski definition) is 0. The summed E-state index contributed by atoms with van der Waals surface area (Å²) in [5.41, 5.74) is 17.5. The first kappa shape index (κ1) is 28.0. The van der Waals surface area contributed by atoms with Crippen molar-refractivity contribution >= 4 is 83.8 Å². The molecule has 0 aliphatic carbocycles. The van der Waals surface area contributed by atoms with Crippen LogP contribution in [0.5, 0.6) is 0 Å². The number of nitrogens with zero attached hydrogens (tertiary/aromatic N) is 3. The van der Waals surface area contributed by atoms with Crippen molar-refractivity contribution in [2.75, 3.05) is 4.90 Å². The summed E-state index contributed by atoms with van der Waals surface area (Å²) < 4.78 is 5.02. The number of para-hydroxylation sites is 5. The fourth-order valence-electron chi connectivity index (χ4n) is 9.38. The van der Waals surface area contributed by atoms with Gasteiger partial charge >= 0.3 is 0 Å². The lowest BCUT2D eigenvalue weighted by Crippen LogP contribution is -2.60. The lowest BCUT2D eigenvalue weighted by molar-refractivity contribution is 1.16. The van der Waals surface area contributed by atoms with Crippen molar-refractivity contribution in [2.24, 2.45) is 0 Å². The standard InChI is InChI=1S/C48H30BN3/c1-4-15-31(16-5-1)32-27-45-47-46(28-32)52-44-30-43-37(35-21-10-12-25-41(35)50(43)33-17-6-2-7-18-33)29-38(44)36-22-14-24-40(48(36)52)49(47)39-23-11-13-26-42(39)51(45)34-19-8-3-9-20-34/h1-30H. The van der Waals surface area contributed by atoms with Crippen molar-refractivity contribution in [2.45, 2.75) is 0 Å². The summed E-state index contributed by atoms with van der Waals surface area (Å²) in [6, 6.07) is 67.1. The molecule has 240 valence electrons. The van der Waals surface area contributed by atoms with Gasteiger partial charge in [-0.05, 0) is 88.2 Å². The highest BCUT2D eigenvalue weighted by molar-refractivity contribution is 7.00. The van der Waals surface area contributed by atoms with Gasteiger partial charge in [0.15, 0.2) is 0 Å². The molecule has 8 aromatic carbocycles. The Morgan fingerprint density at radius 3 is 1.79 bits per heavy atom. The minimum absolute atomic E-state index is 0.0971. The lowest BCUT2D eigenvalue weighted by atomic mass is 9.33. The monoisotopic (exact) mass is 659 g/mol. The first-order chi connectivity index (χ1) is 25.8. The molecule has 0 fully saturated rings. The highest BCUT2D eigenvalue weighted by Crippen LogP contribution is 2.44. The van der Waals surface area contributed by atoms with Crippen molar-refractivity contribution in [3.8, 4) is 22.5 Å². The predicted octanol–water partition coefficient (Wildman–Crippen LogP) is 10.2. The largest absolute Gasteiger partial charge is 0.311 e. The fourth-order valence-corrected chi connectivity index (χ4v) is 9.38. The van der Waals surface area contributed by atoms with Crippen LogP contribution in [-0.4, -0.2) is 15.8 Å². The van der Waals surface area contributed by atoms with Crippen LogP contribution in [0.2, 0.25) is 0 Å². The molecule has 4 heterocycles. The quantitative estimate of drug-likeness (QED) is 0.172. The van der Waals surface area contributed by atoms with E-state index in [1.165, 1.54) is 93.9 Å². The Morgan fingerprint density at radius 2 is 0.962 bits per heavy atom. The molecule has 3 nitrogen and oxygen atoms in total. The summed E-state index contributed by atoms with van der Waals surface area (Å²) in [4.78, 5) is 2.49. The van der Waals surface area contributed by atoms with E-state index in [4.69, 9.17) is 0 Å². The maximum absolute atomic E-state index is 2.59. The van der Waals surface area contributed by atoms with E-state index in [1.54, 1.807) is 0 Å². The second-order valence-corrected chi connectivity index (χ2v) is 14.1. The molecule has 0 atom stereocenters. The molecular weight excluding hydrogens is 629 g/mol. The average molecular weight is 660 g/mol. The Morgan fingerprint density at radius 1 is 0.346 bits per heavy atom. The summed E-state index contributed by atoms with van der Waals surface area (Å²) in [5, 5.41) is 5.13. The average Bonchev–Trinajstić information content (AvgIpc) is 3.72. The Kier molecular flexibility index (Phi) is 5.58. The summed E-state index contributed by atoms with van der Waals surface area (Å²) >= 11 is 0. The van der Waals surface area contributed by atoms with Gasteiger partial charge < -0.3 is 14.0 Å². The Balaban J connectivity index is 1.27. The van der Waals surface area contributed by atoms with Crippen LogP contribution >= 0.6 is 0 Å². The van der Waals surface area contributed by atoms with E-state index in [-0.39, 0.29) is 6.71 Å². The molecule has 4 heteroatoms. The molecule has 10 aromatic rings. The van der Waals surface area contributed by atoms with Gasteiger partial charge in [0, 0.05) is 55.5 Å². The second-order valence-electron chi connectivity index (χ2n) is 14.1. The zero-order valence-electron chi connectivity index (χ0n) is 28.2. The summed E-state index contributed by atoms with van der Waals surface area (Å²) in [7, 11) is 0. The minimum Gasteiger partial charge on any atom is -0.311 e. The van der Waals surface area contributed by atoms with Crippen LogP contribution in [0.4, 0.5) is 17.1 Å². The van der Waals surface area contributed by atoms with Gasteiger partial charge in [0.25, 0.3) is 6.71 Å². The topological polar surface area (TPSA) is 13.1 Å². The van der Waals surface area contributed by atoms with Gasteiger partial charge in [-0.15, -0.1) is 0 Å². The van der Waals surface area contributed by atoms with Crippen LogP contribution in [0.3, 0.4) is 0 Å². The van der Waals surface area contributed by atoms with Crippen molar-refractivity contribution in [3.63, 3.8) is 0 Å². The Labute approximate surface area is 301 Å². The molecule has 52 heavy (non-hydrogen) atoms. The van der Waals surface area contributed by atoms with E-state index >= 15 is 0 Å². The molecule has 2 aliphatic rings. The van der Waals surface area contributed by atoms with Crippen LogP contribution in [0.15, 0.2) is 182 Å². The first-order valence-electron chi connectivity index (χ1n) is 18.1. The number of anilines is 3. The number of benzene rings is 8. The Hall–Kier alpha value is -6.78. The van der Waals surface area contributed by atoms with Crippen LogP contribution in [-0.2, 0) is 0 Å². The zero-order chi connectivity index (χ0) is 33.9. The van der Waals surface area contributed by atoms with E-state index in [0.717, 1.165) is 5.69 Å². The van der Waals surface area contributed by atoms with Crippen molar-refractivity contribution in [3.05, 3.63) is 182 Å². The second kappa shape index (κ2) is 10.4. The zero-order valence-corrected chi connectivity index (χ0v) is 28.2. The molecule has 12 rings (SSSR count). The third-order valence-corrected chi connectivity index (χ3v) is 11.5. The highest BCUT2D eigenvalue weighted by Gasteiger charge is 2.42. The number of hydrogen-bond acceptors (Lipinski definition) is 1. The van der Waals surface area contributed by atoms with Gasteiger partial charge in [-0.25, -0.2) is 0 Å². The minimum atomic E-state index is 0.0971. The normalized spacial score (nSPS) is 12.9. The van der Waals surface area contributed by atoms with Crippen LogP contribution in [0.25, 0.3) is 66.1 Å². The van der Waals surface area contributed by atoms with Gasteiger partial charge in [-0.1, -0.05) is 121 Å². The first-order valence-corrected chi connectivity index (χ1v) is 18.1. The van der Waals surface area contributed by atoms with Gasteiger partial charge in [-0.2, -0.15) is 0 Å². The van der Waals surface area contributed by atoms with Crippen molar-refractivity contribution in [1.82, 2.24) is 9.13 Å². The van der Waals surface area contributed by atoms with Crippen LogP contribution in [0.1, 0.15) is 0 Å². The molecule has 0 spiro atoms. The van der Waals surface area contributed by atoms with Crippen molar-refractivity contribution < 1.29 is 0 Å². The lowest BCUT2D eigenvalue weighted by Gasteiger charge is -2.40. The summed E-state index contributed by atoms with van der Waals surface area (Å²) in [6.45, 7) is 0.0971. The molecule has 0 unspecified atom stereocenters. The third kappa shape index (κ3) is 3.65. The van der Waals surface area contributed by atoms with E-state index in [2.05, 4.69) is 196 Å². The molecular formula is C48H30BN3. The molecule has 2 aromatic heterocycles. The third-order valence-electron chi connectivity index (χ3n) is 11.5. The van der Waals surface area contributed by atoms with E-state index in [1.807, 2.05) is 0 Å². The van der Waals surface area contributed by atoms with Gasteiger partial charge in [0.2, 0.25) is 0 Å². The molecule has 0 amide bonds. The van der Waals surface area contributed by atoms with Gasteiger partial charge in [0.05, 0.1) is 16.6 Å². The number of aromatic nitrogens is 2. The highest BCUT2D eigenvalue weighted by atomic mass is 15.2. The van der Waals surface area contributed by atoms with Gasteiger partial charge in [0.1, 0.15) is 0 Å². The molecule has 0 saturated carbocycles. The molecule has 2 aliphatic heterocycles. The van der Waals surface area contributed by atoms with Crippen LogP contribution < -0.4 is 21.3 Å². The predicted molar refractivity (Wildman–Crippen MR) is 220 cm³/mol. The molecule has 0 radical (unpaired) electrons. The summed E-state index contributed by atoms with van der Waals surface area (Å²) in [6.07, 6.45) is 0. The van der Waals surface area contributed by atoms with E-state index < -0.39 is 0 Å². The molecule has 0 bridgehead atoms. The van der Waals surface area contributed by atoms with E-state index in [9.17, 15) is 0 Å². The van der Waals surface area contributed by atoms with Crippen LogP contribution in [0, 0.1) is 0 Å². The van der Waals surface area contributed by atoms with E-state index in [0.29, 0.717) is 0 Å². The smallest absolute Gasteiger partial charge is 0.252 e. The fraction of sp³-hybridized carbons (Fsp3) is 0. The summed E-state index contributed by atoms with van der Waals surface area (Å²) in [5.74, 6) is 0. The molecule has 0 N–H and O–H groups in total. The number of fused-ring (bicyclic) bond motifs is 10. The number of rotatable bonds is 3.